The molecule has 194 valence electrons. The van der Waals surface area contributed by atoms with E-state index in [4.69, 9.17) is 38.6 Å². The number of methoxy groups -OCH3 is 2. The molecule has 0 fully saturated rings. The number of carboxylic acid groups (broad SMARTS) is 2. The van der Waals surface area contributed by atoms with E-state index in [9.17, 15) is 9.59 Å². The van der Waals surface area contributed by atoms with E-state index in [2.05, 4.69) is 0 Å². The monoisotopic (exact) mass is 502 g/mol. The summed E-state index contributed by atoms with van der Waals surface area (Å²) in [5.41, 5.74) is 1.27. The molecule has 0 aliphatic carbocycles. The van der Waals surface area contributed by atoms with Crippen LogP contribution in [0.15, 0.2) is 48.6 Å². The zero-order chi connectivity index (χ0) is 26.2. The van der Waals surface area contributed by atoms with Crippen molar-refractivity contribution in [1.29, 1.82) is 0 Å². The summed E-state index contributed by atoms with van der Waals surface area (Å²) in [5, 5.41) is 17.5. The molecule has 10 heteroatoms. The molecule has 2 rings (SSSR count). The first-order chi connectivity index (χ1) is 17.4. The van der Waals surface area contributed by atoms with E-state index in [0.29, 0.717) is 73.8 Å². The second-order valence-corrected chi connectivity index (χ2v) is 7.07. The molecule has 0 bridgehead atoms. The van der Waals surface area contributed by atoms with Crippen molar-refractivity contribution >= 4 is 24.1 Å². The third-order valence-electron chi connectivity index (χ3n) is 4.59. The summed E-state index contributed by atoms with van der Waals surface area (Å²) >= 11 is 0. The molecule has 0 saturated heterocycles. The van der Waals surface area contributed by atoms with E-state index >= 15 is 0 Å². The van der Waals surface area contributed by atoms with Gasteiger partial charge in [-0.05, 0) is 36.4 Å². The van der Waals surface area contributed by atoms with Crippen molar-refractivity contribution in [2.75, 3.05) is 53.9 Å². The van der Waals surface area contributed by atoms with Crippen LogP contribution in [0.5, 0.6) is 23.0 Å². The Bertz CT molecular complexity index is 962. The predicted octanol–water partition coefficient (Wildman–Crippen LogP) is 3.39. The molecule has 0 unspecified atom stereocenters. The maximum absolute atomic E-state index is 10.7. The summed E-state index contributed by atoms with van der Waals surface area (Å²) in [7, 11) is 3.00. The highest BCUT2D eigenvalue weighted by atomic mass is 16.6. The topological polar surface area (TPSA) is 130 Å². The van der Waals surface area contributed by atoms with Crippen molar-refractivity contribution in [3.05, 3.63) is 59.7 Å². The van der Waals surface area contributed by atoms with E-state index in [-0.39, 0.29) is 0 Å². The minimum absolute atomic E-state index is 0.329. The van der Waals surface area contributed by atoms with Crippen LogP contribution in [0, 0.1) is 0 Å². The summed E-state index contributed by atoms with van der Waals surface area (Å²) in [4.78, 5) is 21.3. The fraction of sp³-hybridized carbons (Fsp3) is 0.308. The molecule has 0 aliphatic rings. The van der Waals surface area contributed by atoms with Crippen LogP contribution in [-0.4, -0.2) is 76.0 Å². The first kappa shape index (κ1) is 28.2. The first-order valence-electron chi connectivity index (χ1n) is 11.0. The molecule has 0 aromatic heterocycles. The van der Waals surface area contributed by atoms with Gasteiger partial charge >= 0.3 is 11.9 Å². The summed E-state index contributed by atoms with van der Waals surface area (Å²) in [5.74, 6) is 0.103. The van der Waals surface area contributed by atoms with E-state index in [1.807, 2.05) is 0 Å². The standard InChI is InChI=1S/C26H30O10/c1-31-23-17-21(7-3-19(23)5-9-25(27)28)35-15-13-33-11-12-34-14-16-36-22-8-4-20(6-10-26(29)30)24(18-22)32-2/h3-10,17-18H,11-16H2,1-2H3,(H,27,28)(H,29,30)/b9-5+,10-6+. The van der Waals surface area contributed by atoms with Crippen LogP contribution in [0.1, 0.15) is 11.1 Å². The molecule has 0 amide bonds. The fourth-order valence-electron chi connectivity index (χ4n) is 2.92. The van der Waals surface area contributed by atoms with Gasteiger partial charge in [-0.3, -0.25) is 0 Å². The van der Waals surface area contributed by atoms with Crippen LogP contribution >= 0.6 is 0 Å². The van der Waals surface area contributed by atoms with Gasteiger partial charge in [0.25, 0.3) is 0 Å². The molecule has 0 saturated carbocycles. The highest BCUT2D eigenvalue weighted by Gasteiger charge is 2.05. The van der Waals surface area contributed by atoms with Gasteiger partial charge in [-0.1, -0.05) is 0 Å². The lowest BCUT2D eigenvalue weighted by Gasteiger charge is -2.11. The maximum atomic E-state index is 10.7. The Morgan fingerprint density at radius 1 is 0.667 bits per heavy atom. The number of hydrogen-bond donors (Lipinski definition) is 2. The molecule has 10 nitrogen and oxygen atoms in total. The molecule has 0 radical (unpaired) electrons. The number of carbonyl (C=O) groups is 2. The molecule has 2 N–H and O–H groups in total. The van der Waals surface area contributed by atoms with Crippen molar-refractivity contribution in [2.45, 2.75) is 0 Å². The average Bonchev–Trinajstić information content (AvgIpc) is 2.87. The number of aliphatic carboxylic acids is 2. The van der Waals surface area contributed by atoms with Gasteiger partial charge in [-0.25, -0.2) is 9.59 Å². The first-order valence-corrected chi connectivity index (χ1v) is 11.0. The van der Waals surface area contributed by atoms with Gasteiger partial charge < -0.3 is 38.6 Å². The van der Waals surface area contributed by atoms with Crippen LogP contribution in [0.4, 0.5) is 0 Å². The fourth-order valence-corrected chi connectivity index (χ4v) is 2.92. The molecule has 0 atom stereocenters. The second-order valence-electron chi connectivity index (χ2n) is 7.07. The molecule has 0 aliphatic heterocycles. The Labute approximate surface area is 209 Å². The number of ether oxygens (including phenoxy) is 6. The largest absolute Gasteiger partial charge is 0.496 e. The van der Waals surface area contributed by atoms with Crippen molar-refractivity contribution in [1.82, 2.24) is 0 Å². The van der Waals surface area contributed by atoms with Crippen LogP contribution in [0.2, 0.25) is 0 Å². The normalized spacial score (nSPS) is 11.1. The van der Waals surface area contributed by atoms with Crippen LogP contribution < -0.4 is 18.9 Å². The van der Waals surface area contributed by atoms with Crippen LogP contribution in [0.3, 0.4) is 0 Å². The van der Waals surface area contributed by atoms with Crippen LogP contribution in [0.25, 0.3) is 12.2 Å². The summed E-state index contributed by atoms with van der Waals surface area (Å²) in [6, 6.07) is 10.2. The van der Waals surface area contributed by atoms with Gasteiger partial charge in [0.1, 0.15) is 36.2 Å². The lowest BCUT2D eigenvalue weighted by molar-refractivity contribution is -0.132. The average molecular weight is 503 g/mol. The van der Waals surface area contributed by atoms with E-state index in [1.54, 1.807) is 36.4 Å². The Morgan fingerprint density at radius 3 is 1.42 bits per heavy atom. The van der Waals surface area contributed by atoms with Crippen molar-refractivity contribution in [3.63, 3.8) is 0 Å². The quantitative estimate of drug-likeness (QED) is 0.245. The maximum Gasteiger partial charge on any atom is 0.328 e. The van der Waals surface area contributed by atoms with Gasteiger partial charge in [0, 0.05) is 35.4 Å². The van der Waals surface area contributed by atoms with Crippen molar-refractivity contribution < 1.29 is 48.2 Å². The Balaban J connectivity index is 1.59. The second kappa shape index (κ2) is 15.8. The van der Waals surface area contributed by atoms with Gasteiger partial charge in [0.05, 0.1) is 40.6 Å². The van der Waals surface area contributed by atoms with Gasteiger partial charge in [-0.2, -0.15) is 0 Å². The Morgan fingerprint density at radius 2 is 1.06 bits per heavy atom. The zero-order valence-corrected chi connectivity index (χ0v) is 20.2. The highest BCUT2D eigenvalue weighted by Crippen LogP contribution is 2.26. The zero-order valence-electron chi connectivity index (χ0n) is 20.2. The molecule has 0 heterocycles. The third kappa shape index (κ3) is 10.5. The molecular weight excluding hydrogens is 472 g/mol. The summed E-state index contributed by atoms with van der Waals surface area (Å²) in [6.07, 6.45) is 4.99. The van der Waals surface area contributed by atoms with Gasteiger partial charge in [0.2, 0.25) is 0 Å². The van der Waals surface area contributed by atoms with E-state index < -0.39 is 11.9 Å². The molecular formula is C26H30O10. The minimum atomic E-state index is -1.04. The number of hydrogen-bond acceptors (Lipinski definition) is 8. The lowest BCUT2D eigenvalue weighted by Crippen LogP contribution is -2.13. The van der Waals surface area contributed by atoms with Crippen LogP contribution in [-0.2, 0) is 19.1 Å². The molecule has 0 spiro atoms. The third-order valence-corrected chi connectivity index (χ3v) is 4.59. The molecule has 2 aromatic rings. The molecule has 36 heavy (non-hydrogen) atoms. The predicted molar refractivity (Wildman–Crippen MR) is 132 cm³/mol. The number of rotatable bonds is 17. The van der Waals surface area contributed by atoms with Crippen molar-refractivity contribution in [2.24, 2.45) is 0 Å². The van der Waals surface area contributed by atoms with Crippen molar-refractivity contribution in [3.8, 4) is 23.0 Å². The van der Waals surface area contributed by atoms with E-state index in [0.717, 1.165) is 12.2 Å². The Kier molecular flexibility index (Phi) is 12.4. The summed E-state index contributed by atoms with van der Waals surface area (Å²) in [6.45, 7) is 2.18. The smallest absolute Gasteiger partial charge is 0.328 e. The summed E-state index contributed by atoms with van der Waals surface area (Å²) < 4.78 is 32.8. The molecule has 2 aromatic carbocycles. The number of carboxylic acids is 2. The number of benzene rings is 2. The lowest BCUT2D eigenvalue weighted by atomic mass is 10.2. The van der Waals surface area contributed by atoms with E-state index in [1.165, 1.54) is 26.4 Å². The Hall–Kier alpha value is -4.02. The van der Waals surface area contributed by atoms with Gasteiger partial charge in [-0.15, -0.1) is 0 Å². The highest BCUT2D eigenvalue weighted by molar-refractivity contribution is 5.86. The van der Waals surface area contributed by atoms with Gasteiger partial charge in [0.15, 0.2) is 0 Å². The SMILES string of the molecule is COc1cc(OCCOCCOCCOc2ccc(/C=C/C(=O)O)c(OC)c2)ccc1/C=C/C(=O)O. The minimum Gasteiger partial charge on any atom is -0.496 e.